The molecule has 0 spiro atoms. The minimum absolute atomic E-state index is 0.277. The molecule has 18 heavy (non-hydrogen) atoms. The van der Waals surface area contributed by atoms with Gasteiger partial charge in [-0.25, -0.2) is 0 Å². The van der Waals surface area contributed by atoms with Gasteiger partial charge in [-0.05, 0) is 37.6 Å². The van der Waals surface area contributed by atoms with Crippen LogP contribution in [0.1, 0.15) is 59.3 Å². The summed E-state index contributed by atoms with van der Waals surface area (Å²) in [6, 6.07) is 0.617. The lowest BCUT2D eigenvalue weighted by atomic mass is 9.80. The summed E-state index contributed by atoms with van der Waals surface area (Å²) in [5, 5.41) is 8.80. The molecule has 0 aliphatic heterocycles. The van der Waals surface area contributed by atoms with E-state index < -0.39 is 5.97 Å². The maximum absolute atomic E-state index is 10.7. The van der Waals surface area contributed by atoms with E-state index in [0.717, 1.165) is 18.4 Å². The highest BCUT2D eigenvalue weighted by Gasteiger charge is 2.26. The van der Waals surface area contributed by atoms with Crippen LogP contribution in [0, 0.1) is 11.8 Å². The molecular formula is C15H29NO2. The lowest BCUT2D eigenvalue weighted by molar-refractivity contribution is -0.137. The number of nitrogens with zero attached hydrogens (tertiary/aromatic N) is 1. The number of rotatable bonds is 7. The monoisotopic (exact) mass is 255 g/mol. The highest BCUT2D eigenvalue weighted by molar-refractivity contribution is 5.66. The molecule has 0 bridgehead atoms. The van der Waals surface area contributed by atoms with Crippen molar-refractivity contribution in [2.24, 2.45) is 11.8 Å². The molecule has 2 atom stereocenters. The van der Waals surface area contributed by atoms with Crippen LogP contribution in [-0.2, 0) is 4.79 Å². The van der Waals surface area contributed by atoms with Crippen LogP contribution in [0.3, 0.4) is 0 Å². The molecule has 3 nitrogen and oxygen atoms in total. The van der Waals surface area contributed by atoms with Crippen LogP contribution < -0.4 is 0 Å². The Hall–Kier alpha value is -0.570. The van der Waals surface area contributed by atoms with Gasteiger partial charge in [0.15, 0.2) is 0 Å². The van der Waals surface area contributed by atoms with E-state index in [-0.39, 0.29) is 6.42 Å². The lowest BCUT2D eigenvalue weighted by Gasteiger charge is -2.37. The molecule has 0 radical (unpaired) electrons. The van der Waals surface area contributed by atoms with Gasteiger partial charge in [-0.15, -0.1) is 0 Å². The summed E-state index contributed by atoms with van der Waals surface area (Å²) in [5.41, 5.74) is 0. The first-order valence-corrected chi connectivity index (χ1v) is 7.48. The third-order valence-electron chi connectivity index (χ3n) is 4.10. The molecule has 0 aromatic carbocycles. The molecule has 0 aromatic heterocycles. The molecular weight excluding hydrogens is 226 g/mol. The second-order valence-corrected chi connectivity index (χ2v) is 6.09. The van der Waals surface area contributed by atoms with Gasteiger partial charge in [0.05, 0.1) is 6.42 Å². The molecule has 2 unspecified atom stereocenters. The summed E-state index contributed by atoms with van der Waals surface area (Å²) >= 11 is 0. The van der Waals surface area contributed by atoms with E-state index in [0.29, 0.717) is 12.6 Å². The molecule has 0 heterocycles. The lowest BCUT2D eigenvalue weighted by Crippen LogP contribution is -2.40. The summed E-state index contributed by atoms with van der Waals surface area (Å²) in [6.45, 7) is 8.43. The second kappa shape index (κ2) is 7.78. The number of hydrogen-bond donors (Lipinski definition) is 1. The van der Waals surface area contributed by atoms with Gasteiger partial charge in [0, 0.05) is 12.6 Å². The molecule has 106 valence electrons. The normalized spacial score (nSPS) is 24.7. The van der Waals surface area contributed by atoms with Crippen molar-refractivity contribution in [2.75, 3.05) is 13.1 Å². The number of carbonyl (C=O) groups is 1. The zero-order chi connectivity index (χ0) is 13.5. The van der Waals surface area contributed by atoms with E-state index in [9.17, 15) is 4.79 Å². The molecule has 1 rings (SSSR count). The van der Waals surface area contributed by atoms with Gasteiger partial charge in [-0.3, -0.25) is 4.79 Å². The van der Waals surface area contributed by atoms with Crippen LogP contribution in [0.5, 0.6) is 0 Å². The average molecular weight is 255 g/mol. The Morgan fingerprint density at radius 2 is 2.11 bits per heavy atom. The maximum atomic E-state index is 10.7. The molecule has 3 heteroatoms. The van der Waals surface area contributed by atoms with Gasteiger partial charge in [0.1, 0.15) is 0 Å². The fraction of sp³-hybridized carbons (Fsp3) is 0.933. The first kappa shape index (κ1) is 15.5. The van der Waals surface area contributed by atoms with Crippen molar-refractivity contribution in [3.05, 3.63) is 0 Å². The Kier molecular flexibility index (Phi) is 6.69. The molecule has 0 amide bonds. The largest absolute Gasteiger partial charge is 0.481 e. The van der Waals surface area contributed by atoms with Gasteiger partial charge < -0.3 is 10.0 Å². The Morgan fingerprint density at radius 3 is 2.67 bits per heavy atom. The van der Waals surface area contributed by atoms with E-state index in [1.165, 1.54) is 32.1 Å². The van der Waals surface area contributed by atoms with E-state index >= 15 is 0 Å². The second-order valence-electron chi connectivity index (χ2n) is 6.09. The van der Waals surface area contributed by atoms with Gasteiger partial charge in [-0.2, -0.15) is 0 Å². The molecule has 1 aliphatic carbocycles. The van der Waals surface area contributed by atoms with E-state index in [1.807, 2.05) is 0 Å². The number of hydrogen-bond acceptors (Lipinski definition) is 2. The van der Waals surface area contributed by atoms with Gasteiger partial charge in [-0.1, -0.05) is 33.6 Å². The topological polar surface area (TPSA) is 40.5 Å². The standard InChI is InChI=1S/C15H29NO2/c1-4-16(9-8-15(17)18)14-7-5-6-13(11-14)10-12(2)3/h12-14H,4-11H2,1-3H3,(H,17,18). The van der Waals surface area contributed by atoms with Crippen LogP contribution in [0.25, 0.3) is 0 Å². The van der Waals surface area contributed by atoms with Crippen molar-refractivity contribution in [1.29, 1.82) is 0 Å². The van der Waals surface area contributed by atoms with E-state index in [4.69, 9.17) is 5.11 Å². The Labute approximate surface area is 112 Å². The summed E-state index contributed by atoms with van der Waals surface area (Å²) in [4.78, 5) is 13.1. The van der Waals surface area contributed by atoms with Crippen LogP contribution in [0.4, 0.5) is 0 Å². The van der Waals surface area contributed by atoms with Crippen LogP contribution in [-0.4, -0.2) is 35.1 Å². The SMILES string of the molecule is CCN(CCC(=O)O)C1CCCC(CC(C)C)C1. The van der Waals surface area contributed by atoms with Crippen molar-refractivity contribution in [3.63, 3.8) is 0 Å². The summed E-state index contributed by atoms with van der Waals surface area (Å²) in [6.07, 6.45) is 6.80. The average Bonchev–Trinajstić information content (AvgIpc) is 2.29. The van der Waals surface area contributed by atoms with Gasteiger partial charge in [0.25, 0.3) is 0 Å². The van der Waals surface area contributed by atoms with Crippen molar-refractivity contribution >= 4 is 5.97 Å². The minimum atomic E-state index is -0.678. The zero-order valence-electron chi connectivity index (χ0n) is 12.2. The first-order valence-electron chi connectivity index (χ1n) is 7.48. The van der Waals surface area contributed by atoms with Crippen molar-refractivity contribution in [1.82, 2.24) is 4.90 Å². The number of carboxylic acids is 1. The predicted octanol–water partition coefficient (Wildman–Crippen LogP) is 3.39. The summed E-state index contributed by atoms with van der Waals surface area (Å²) in [7, 11) is 0. The third kappa shape index (κ3) is 5.38. The molecule has 1 aliphatic rings. The highest BCUT2D eigenvalue weighted by Crippen LogP contribution is 2.31. The maximum Gasteiger partial charge on any atom is 0.304 e. The predicted molar refractivity (Wildman–Crippen MR) is 74.7 cm³/mol. The Morgan fingerprint density at radius 1 is 1.39 bits per heavy atom. The first-order chi connectivity index (χ1) is 8.52. The van der Waals surface area contributed by atoms with Crippen LogP contribution >= 0.6 is 0 Å². The Bertz CT molecular complexity index is 253. The Balaban J connectivity index is 2.44. The molecule has 0 aromatic rings. The third-order valence-corrected chi connectivity index (χ3v) is 4.10. The summed E-state index contributed by atoms with van der Waals surface area (Å²) in [5.74, 6) is 0.952. The minimum Gasteiger partial charge on any atom is -0.481 e. The molecule has 1 N–H and O–H groups in total. The van der Waals surface area contributed by atoms with Crippen molar-refractivity contribution in [3.8, 4) is 0 Å². The molecule has 1 fully saturated rings. The smallest absolute Gasteiger partial charge is 0.304 e. The fourth-order valence-electron chi connectivity index (χ4n) is 3.31. The van der Waals surface area contributed by atoms with E-state index in [1.54, 1.807) is 0 Å². The van der Waals surface area contributed by atoms with E-state index in [2.05, 4.69) is 25.7 Å². The quantitative estimate of drug-likeness (QED) is 0.758. The van der Waals surface area contributed by atoms with Crippen LogP contribution in [0.15, 0.2) is 0 Å². The molecule has 0 saturated heterocycles. The van der Waals surface area contributed by atoms with Crippen LogP contribution in [0.2, 0.25) is 0 Å². The van der Waals surface area contributed by atoms with Crippen molar-refractivity contribution in [2.45, 2.75) is 65.3 Å². The summed E-state index contributed by atoms with van der Waals surface area (Å²) < 4.78 is 0. The highest BCUT2D eigenvalue weighted by atomic mass is 16.4. The fourth-order valence-corrected chi connectivity index (χ4v) is 3.31. The van der Waals surface area contributed by atoms with Gasteiger partial charge >= 0.3 is 5.97 Å². The zero-order valence-corrected chi connectivity index (χ0v) is 12.2. The van der Waals surface area contributed by atoms with Crippen molar-refractivity contribution < 1.29 is 9.90 Å². The molecule has 1 saturated carbocycles. The number of aliphatic carboxylic acids is 1. The van der Waals surface area contributed by atoms with Gasteiger partial charge in [0.2, 0.25) is 0 Å². The number of carboxylic acid groups (broad SMARTS) is 1.